The molecule has 0 saturated carbocycles. The molecule has 1 aromatic heterocycles. The minimum atomic E-state index is -0.181. The standard InChI is InChI=1S/C22H29FN2OS/c1-16(2)20-11-22(14-26-21(20)17-3-5-18(23)6-4-17)7-9-25(10-8-22)12-19-13-27-15-24-19/h3-6,13,15-16,20-21H,7-12,14H2,1-2H3/t20-,21-/m1/s1. The fourth-order valence-electron chi connectivity index (χ4n) is 4.72. The highest BCUT2D eigenvalue weighted by Gasteiger charge is 2.44. The Balaban J connectivity index is 1.42. The van der Waals surface area contributed by atoms with Gasteiger partial charge in [0, 0.05) is 11.9 Å². The Kier molecular flexibility index (Phi) is 5.62. The monoisotopic (exact) mass is 388 g/mol. The first-order valence-corrected chi connectivity index (χ1v) is 11.0. The number of likely N-dealkylation sites (tertiary alicyclic amines) is 1. The summed E-state index contributed by atoms with van der Waals surface area (Å²) in [5.41, 5.74) is 4.51. The van der Waals surface area contributed by atoms with Gasteiger partial charge in [0.2, 0.25) is 0 Å². The van der Waals surface area contributed by atoms with E-state index in [-0.39, 0.29) is 11.9 Å². The van der Waals surface area contributed by atoms with Gasteiger partial charge < -0.3 is 4.74 Å². The van der Waals surface area contributed by atoms with Gasteiger partial charge in [-0.15, -0.1) is 11.3 Å². The molecule has 5 heteroatoms. The van der Waals surface area contributed by atoms with Crippen LogP contribution in [0, 0.1) is 23.1 Å². The molecule has 1 aromatic carbocycles. The molecule has 2 aliphatic rings. The van der Waals surface area contributed by atoms with Gasteiger partial charge in [-0.3, -0.25) is 4.90 Å². The first-order chi connectivity index (χ1) is 13.0. The lowest BCUT2D eigenvalue weighted by atomic mass is 9.66. The van der Waals surface area contributed by atoms with Crippen LogP contribution in [-0.2, 0) is 11.3 Å². The van der Waals surface area contributed by atoms with Crippen molar-refractivity contribution in [3.05, 3.63) is 52.2 Å². The summed E-state index contributed by atoms with van der Waals surface area (Å²) in [6.07, 6.45) is 3.67. The highest BCUT2D eigenvalue weighted by atomic mass is 32.1. The van der Waals surface area contributed by atoms with Crippen LogP contribution in [0.5, 0.6) is 0 Å². The highest BCUT2D eigenvalue weighted by molar-refractivity contribution is 7.07. The summed E-state index contributed by atoms with van der Waals surface area (Å²) in [6, 6.07) is 6.89. The fourth-order valence-corrected chi connectivity index (χ4v) is 5.27. The third-order valence-corrected chi connectivity index (χ3v) is 7.10. The van der Waals surface area contributed by atoms with Crippen molar-refractivity contribution in [2.45, 2.75) is 45.8 Å². The van der Waals surface area contributed by atoms with Crippen LogP contribution >= 0.6 is 11.3 Å². The summed E-state index contributed by atoms with van der Waals surface area (Å²) in [5.74, 6) is 0.846. The Labute approximate surface area is 165 Å². The van der Waals surface area contributed by atoms with E-state index in [1.807, 2.05) is 17.6 Å². The Bertz CT molecular complexity index is 723. The minimum Gasteiger partial charge on any atom is -0.373 e. The van der Waals surface area contributed by atoms with Crippen LogP contribution in [-0.4, -0.2) is 29.6 Å². The molecule has 4 rings (SSSR count). The SMILES string of the molecule is CC(C)[C@H]1CC2(CCN(Cc3cscn3)CC2)CO[C@@H]1c1ccc(F)cc1. The molecule has 0 N–H and O–H groups in total. The minimum absolute atomic E-state index is 0.0873. The molecule has 3 heterocycles. The smallest absolute Gasteiger partial charge is 0.123 e. The number of halogens is 1. The van der Waals surface area contributed by atoms with E-state index < -0.39 is 0 Å². The summed E-state index contributed by atoms with van der Waals surface area (Å²) in [6.45, 7) is 8.61. The van der Waals surface area contributed by atoms with Gasteiger partial charge >= 0.3 is 0 Å². The molecule has 3 nitrogen and oxygen atoms in total. The maximum atomic E-state index is 13.3. The molecule has 0 amide bonds. The Morgan fingerprint density at radius 2 is 2.00 bits per heavy atom. The highest BCUT2D eigenvalue weighted by Crippen LogP contribution is 2.49. The van der Waals surface area contributed by atoms with E-state index in [0.29, 0.717) is 17.3 Å². The van der Waals surface area contributed by atoms with Crippen molar-refractivity contribution in [3.63, 3.8) is 0 Å². The molecule has 146 valence electrons. The van der Waals surface area contributed by atoms with Crippen LogP contribution < -0.4 is 0 Å². The molecule has 0 unspecified atom stereocenters. The van der Waals surface area contributed by atoms with Crippen LogP contribution in [0.4, 0.5) is 4.39 Å². The van der Waals surface area contributed by atoms with E-state index in [1.54, 1.807) is 23.5 Å². The van der Waals surface area contributed by atoms with E-state index in [4.69, 9.17) is 4.74 Å². The average Bonchev–Trinajstić information content (AvgIpc) is 3.18. The zero-order chi connectivity index (χ0) is 18.9. The molecule has 2 aliphatic heterocycles. The molecular weight excluding hydrogens is 359 g/mol. The number of aromatic nitrogens is 1. The number of thiazole rings is 1. The van der Waals surface area contributed by atoms with E-state index in [2.05, 4.69) is 29.1 Å². The summed E-state index contributed by atoms with van der Waals surface area (Å²) in [5, 5.41) is 2.15. The lowest BCUT2D eigenvalue weighted by Gasteiger charge is -2.50. The molecule has 0 aliphatic carbocycles. The topological polar surface area (TPSA) is 25.4 Å². The molecule has 0 radical (unpaired) electrons. The molecule has 2 aromatic rings. The summed E-state index contributed by atoms with van der Waals surface area (Å²) in [4.78, 5) is 6.95. The van der Waals surface area contributed by atoms with Crippen LogP contribution in [0.2, 0.25) is 0 Å². The molecule has 2 fully saturated rings. The molecule has 2 atom stereocenters. The summed E-state index contributed by atoms with van der Waals surface area (Å²) in [7, 11) is 0. The van der Waals surface area contributed by atoms with Crippen LogP contribution in [0.25, 0.3) is 0 Å². The quantitative estimate of drug-likeness (QED) is 0.711. The number of ether oxygens (including phenoxy) is 1. The van der Waals surface area contributed by atoms with Crippen molar-refractivity contribution in [3.8, 4) is 0 Å². The predicted octanol–water partition coefficient (Wildman–Crippen LogP) is 5.30. The van der Waals surface area contributed by atoms with Crippen molar-refractivity contribution < 1.29 is 9.13 Å². The first kappa shape index (κ1) is 19.0. The van der Waals surface area contributed by atoms with Crippen molar-refractivity contribution in [1.29, 1.82) is 0 Å². The molecule has 27 heavy (non-hydrogen) atoms. The van der Waals surface area contributed by atoms with E-state index >= 15 is 0 Å². The second-order valence-electron chi connectivity index (χ2n) is 8.65. The normalized spacial score (nSPS) is 25.9. The second-order valence-corrected chi connectivity index (χ2v) is 9.37. The van der Waals surface area contributed by atoms with Crippen molar-refractivity contribution in [2.24, 2.45) is 17.3 Å². The number of hydrogen-bond acceptors (Lipinski definition) is 4. The summed E-state index contributed by atoms with van der Waals surface area (Å²) < 4.78 is 19.8. The first-order valence-electron chi connectivity index (χ1n) is 10.0. The number of hydrogen-bond donors (Lipinski definition) is 0. The Morgan fingerprint density at radius 3 is 2.63 bits per heavy atom. The third-order valence-electron chi connectivity index (χ3n) is 6.47. The molecule has 0 bridgehead atoms. The predicted molar refractivity (Wildman–Crippen MR) is 107 cm³/mol. The summed E-state index contributed by atoms with van der Waals surface area (Å²) >= 11 is 1.67. The van der Waals surface area contributed by atoms with Gasteiger partial charge in [0.05, 0.1) is 23.9 Å². The van der Waals surface area contributed by atoms with Crippen molar-refractivity contribution >= 4 is 11.3 Å². The van der Waals surface area contributed by atoms with Gasteiger partial charge in [-0.2, -0.15) is 0 Å². The second kappa shape index (κ2) is 7.98. The van der Waals surface area contributed by atoms with Gasteiger partial charge in [-0.05, 0) is 67.3 Å². The van der Waals surface area contributed by atoms with Gasteiger partial charge in [0.15, 0.2) is 0 Å². The maximum absolute atomic E-state index is 13.3. The number of benzene rings is 1. The van der Waals surface area contributed by atoms with E-state index in [0.717, 1.165) is 31.8 Å². The fraction of sp³-hybridized carbons (Fsp3) is 0.591. The zero-order valence-electron chi connectivity index (χ0n) is 16.2. The molecular formula is C22H29FN2OS. The van der Waals surface area contributed by atoms with Crippen LogP contribution in [0.1, 0.15) is 50.5 Å². The Hall–Kier alpha value is -1.30. The maximum Gasteiger partial charge on any atom is 0.123 e. The Morgan fingerprint density at radius 1 is 1.26 bits per heavy atom. The van der Waals surface area contributed by atoms with Crippen molar-refractivity contribution in [2.75, 3.05) is 19.7 Å². The number of nitrogens with zero attached hydrogens (tertiary/aromatic N) is 2. The lowest BCUT2D eigenvalue weighted by Crippen LogP contribution is -2.47. The molecule has 2 saturated heterocycles. The van der Waals surface area contributed by atoms with Gasteiger partial charge in [-0.25, -0.2) is 9.37 Å². The largest absolute Gasteiger partial charge is 0.373 e. The molecule has 1 spiro atoms. The third kappa shape index (κ3) is 4.25. The van der Waals surface area contributed by atoms with Crippen molar-refractivity contribution in [1.82, 2.24) is 9.88 Å². The van der Waals surface area contributed by atoms with E-state index in [9.17, 15) is 4.39 Å². The van der Waals surface area contributed by atoms with Gasteiger partial charge in [0.25, 0.3) is 0 Å². The van der Waals surface area contributed by atoms with Crippen LogP contribution in [0.3, 0.4) is 0 Å². The van der Waals surface area contributed by atoms with Gasteiger partial charge in [-0.1, -0.05) is 26.0 Å². The zero-order valence-corrected chi connectivity index (χ0v) is 17.1. The average molecular weight is 389 g/mol. The lowest BCUT2D eigenvalue weighted by molar-refractivity contribution is -0.131. The van der Waals surface area contributed by atoms with Crippen LogP contribution in [0.15, 0.2) is 35.2 Å². The number of rotatable bonds is 4. The number of piperidine rings is 1. The van der Waals surface area contributed by atoms with Gasteiger partial charge in [0.1, 0.15) is 5.82 Å². The van der Waals surface area contributed by atoms with E-state index in [1.165, 1.54) is 25.0 Å².